The van der Waals surface area contributed by atoms with Crippen molar-refractivity contribution in [3.05, 3.63) is 0 Å². The third kappa shape index (κ3) is 5.46. The van der Waals surface area contributed by atoms with Crippen molar-refractivity contribution in [1.82, 2.24) is 5.32 Å². The molecule has 1 fully saturated rings. The van der Waals surface area contributed by atoms with Gasteiger partial charge in [-0.1, -0.05) is 0 Å². The van der Waals surface area contributed by atoms with Gasteiger partial charge in [-0.3, -0.25) is 0 Å². The predicted molar refractivity (Wildman–Crippen MR) is 57.6 cm³/mol. The fraction of sp³-hybridized carbons (Fsp3) is 1.00. The van der Waals surface area contributed by atoms with Crippen LogP contribution < -0.4 is 5.32 Å². The zero-order chi connectivity index (χ0) is 11.1. The van der Waals surface area contributed by atoms with Crippen molar-refractivity contribution in [1.29, 1.82) is 0 Å². The Morgan fingerprint density at radius 3 is 2.87 bits per heavy atom. The molecule has 0 radical (unpaired) electrons. The number of aliphatic hydroxyl groups excluding tert-OH is 1. The van der Waals surface area contributed by atoms with Crippen molar-refractivity contribution < 1.29 is 18.3 Å². The molecule has 1 atom stereocenters. The van der Waals surface area contributed by atoms with Gasteiger partial charge in [0.2, 0.25) is 0 Å². The molecule has 0 spiro atoms. The summed E-state index contributed by atoms with van der Waals surface area (Å²) in [7, 11) is -2.82. The summed E-state index contributed by atoms with van der Waals surface area (Å²) in [5, 5.41) is 11.6. The van der Waals surface area contributed by atoms with Crippen LogP contribution in [0.25, 0.3) is 0 Å². The third-order valence-corrected chi connectivity index (χ3v) is 4.20. The van der Waals surface area contributed by atoms with Crippen LogP contribution in [-0.4, -0.2) is 57.4 Å². The molecule has 0 aromatic heterocycles. The smallest absolute Gasteiger partial charge is 0.151 e. The SMILES string of the molecule is O=S1(=O)CCCC(NCCOCCO)C1. The van der Waals surface area contributed by atoms with Gasteiger partial charge in [0.25, 0.3) is 0 Å². The number of hydrogen-bond donors (Lipinski definition) is 2. The molecule has 1 aliphatic heterocycles. The molecule has 0 amide bonds. The summed E-state index contributed by atoms with van der Waals surface area (Å²) in [6, 6.07) is 0.0708. The van der Waals surface area contributed by atoms with E-state index in [1.165, 1.54) is 0 Å². The summed E-state index contributed by atoms with van der Waals surface area (Å²) >= 11 is 0. The monoisotopic (exact) mass is 237 g/mol. The largest absolute Gasteiger partial charge is 0.394 e. The zero-order valence-electron chi connectivity index (χ0n) is 8.81. The number of ether oxygens (including phenoxy) is 1. The summed E-state index contributed by atoms with van der Waals surface area (Å²) in [5.41, 5.74) is 0. The molecular weight excluding hydrogens is 218 g/mol. The normalized spacial score (nSPS) is 25.3. The fourth-order valence-corrected chi connectivity index (χ4v) is 3.36. The van der Waals surface area contributed by atoms with E-state index in [1.807, 2.05) is 0 Å². The molecule has 1 heterocycles. The highest BCUT2D eigenvalue weighted by molar-refractivity contribution is 7.91. The third-order valence-electron chi connectivity index (χ3n) is 2.38. The van der Waals surface area contributed by atoms with Gasteiger partial charge >= 0.3 is 0 Å². The molecule has 1 unspecified atom stereocenters. The Labute approximate surface area is 90.7 Å². The standard InChI is InChI=1S/C9H19NO4S/c11-4-6-14-5-3-10-9-2-1-7-15(12,13)8-9/h9-11H,1-8H2. The van der Waals surface area contributed by atoms with E-state index in [4.69, 9.17) is 9.84 Å². The number of nitrogens with one attached hydrogen (secondary N) is 1. The molecule has 1 saturated heterocycles. The van der Waals surface area contributed by atoms with Crippen LogP contribution in [0.5, 0.6) is 0 Å². The highest BCUT2D eigenvalue weighted by Gasteiger charge is 2.23. The van der Waals surface area contributed by atoms with Gasteiger partial charge < -0.3 is 15.2 Å². The van der Waals surface area contributed by atoms with Gasteiger partial charge in [0.15, 0.2) is 9.84 Å². The molecule has 0 aromatic rings. The van der Waals surface area contributed by atoms with E-state index in [2.05, 4.69) is 5.32 Å². The lowest BCUT2D eigenvalue weighted by molar-refractivity contribution is 0.0927. The van der Waals surface area contributed by atoms with E-state index < -0.39 is 9.84 Å². The lowest BCUT2D eigenvalue weighted by atomic mass is 10.2. The van der Waals surface area contributed by atoms with Crippen LogP contribution in [-0.2, 0) is 14.6 Å². The number of hydrogen-bond acceptors (Lipinski definition) is 5. The number of rotatable bonds is 6. The molecule has 1 aliphatic rings. The van der Waals surface area contributed by atoms with Gasteiger partial charge in [-0.25, -0.2) is 8.42 Å². The molecular formula is C9H19NO4S. The minimum atomic E-state index is -2.82. The van der Waals surface area contributed by atoms with Gasteiger partial charge in [-0.05, 0) is 12.8 Å². The molecule has 0 aromatic carbocycles. The summed E-state index contributed by atoms with van der Waals surface area (Å²) in [6.07, 6.45) is 1.66. The fourth-order valence-electron chi connectivity index (χ4n) is 1.69. The maximum atomic E-state index is 11.3. The Morgan fingerprint density at radius 1 is 1.40 bits per heavy atom. The Balaban J connectivity index is 2.11. The van der Waals surface area contributed by atoms with E-state index in [-0.39, 0.29) is 18.4 Å². The van der Waals surface area contributed by atoms with Crippen molar-refractivity contribution in [2.75, 3.05) is 37.9 Å². The van der Waals surface area contributed by atoms with E-state index >= 15 is 0 Å². The summed E-state index contributed by atoms with van der Waals surface area (Å²) in [4.78, 5) is 0. The average Bonchev–Trinajstić information content (AvgIpc) is 2.16. The molecule has 0 aliphatic carbocycles. The number of aliphatic hydroxyl groups is 1. The molecule has 6 heteroatoms. The maximum Gasteiger partial charge on any atom is 0.151 e. The predicted octanol–water partition coefficient (Wildman–Crippen LogP) is -0.838. The molecule has 5 nitrogen and oxygen atoms in total. The first-order valence-corrected chi connectivity index (χ1v) is 7.08. The van der Waals surface area contributed by atoms with Crippen LogP contribution in [0.4, 0.5) is 0 Å². The van der Waals surface area contributed by atoms with Gasteiger partial charge in [0.05, 0.1) is 31.3 Å². The lowest BCUT2D eigenvalue weighted by Crippen LogP contribution is -2.41. The van der Waals surface area contributed by atoms with Gasteiger partial charge in [0.1, 0.15) is 0 Å². The quantitative estimate of drug-likeness (QED) is 0.589. The number of sulfone groups is 1. The van der Waals surface area contributed by atoms with Gasteiger partial charge in [-0.2, -0.15) is 0 Å². The zero-order valence-corrected chi connectivity index (χ0v) is 9.63. The Kier molecular flexibility index (Phi) is 5.52. The first-order valence-electron chi connectivity index (χ1n) is 5.26. The van der Waals surface area contributed by atoms with Gasteiger partial charge in [-0.15, -0.1) is 0 Å². The molecule has 0 bridgehead atoms. The minimum absolute atomic E-state index is 0.0256. The van der Waals surface area contributed by atoms with Crippen molar-refractivity contribution >= 4 is 9.84 Å². The van der Waals surface area contributed by atoms with Crippen molar-refractivity contribution in [3.63, 3.8) is 0 Å². The van der Waals surface area contributed by atoms with Crippen LogP contribution in [0.3, 0.4) is 0 Å². The van der Waals surface area contributed by atoms with Crippen LogP contribution in [0, 0.1) is 0 Å². The minimum Gasteiger partial charge on any atom is -0.394 e. The molecule has 2 N–H and O–H groups in total. The highest BCUT2D eigenvalue weighted by Crippen LogP contribution is 2.11. The Bertz CT molecular complexity index is 265. The first-order chi connectivity index (χ1) is 7.14. The molecule has 1 rings (SSSR count). The van der Waals surface area contributed by atoms with E-state index in [0.29, 0.717) is 25.5 Å². The average molecular weight is 237 g/mol. The maximum absolute atomic E-state index is 11.3. The Hall–Kier alpha value is -0.170. The molecule has 15 heavy (non-hydrogen) atoms. The summed E-state index contributed by atoms with van der Waals surface area (Å²) in [5.74, 6) is 0.569. The van der Waals surface area contributed by atoms with Crippen LogP contribution in [0.2, 0.25) is 0 Å². The second-order valence-electron chi connectivity index (χ2n) is 3.74. The molecule has 90 valence electrons. The summed E-state index contributed by atoms with van der Waals surface area (Å²) in [6.45, 7) is 1.51. The van der Waals surface area contributed by atoms with Crippen molar-refractivity contribution in [3.8, 4) is 0 Å². The van der Waals surface area contributed by atoms with Crippen LogP contribution in [0.15, 0.2) is 0 Å². The van der Waals surface area contributed by atoms with Crippen LogP contribution >= 0.6 is 0 Å². The first kappa shape index (κ1) is 12.9. The van der Waals surface area contributed by atoms with Gasteiger partial charge in [0, 0.05) is 12.6 Å². The summed E-state index contributed by atoms with van der Waals surface area (Å²) < 4.78 is 27.6. The topological polar surface area (TPSA) is 75.6 Å². The Morgan fingerprint density at radius 2 is 2.20 bits per heavy atom. The van der Waals surface area contributed by atoms with Crippen molar-refractivity contribution in [2.45, 2.75) is 18.9 Å². The van der Waals surface area contributed by atoms with Crippen LogP contribution in [0.1, 0.15) is 12.8 Å². The highest BCUT2D eigenvalue weighted by atomic mass is 32.2. The van der Waals surface area contributed by atoms with E-state index in [1.54, 1.807) is 0 Å². The van der Waals surface area contributed by atoms with Crippen molar-refractivity contribution in [2.24, 2.45) is 0 Å². The molecule has 0 saturated carbocycles. The van der Waals surface area contributed by atoms with E-state index in [9.17, 15) is 8.42 Å². The second kappa shape index (κ2) is 6.42. The second-order valence-corrected chi connectivity index (χ2v) is 5.97. The van der Waals surface area contributed by atoms with E-state index in [0.717, 1.165) is 12.8 Å². The lowest BCUT2D eigenvalue weighted by Gasteiger charge is -2.22.